The third-order valence-electron chi connectivity index (χ3n) is 8.14. The van der Waals surface area contributed by atoms with Crippen LogP contribution in [0.5, 0.6) is 0 Å². The van der Waals surface area contributed by atoms with Gasteiger partial charge in [-0.3, -0.25) is 6.08 Å². The van der Waals surface area contributed by atoms with Crippen molar-refractivity contribution in [3.05, 3.63) is 122 Å². The van der Waals surface area contributed by atoms with Gasteiger partial charge in [0.1, 0.15) is 0 Å². The molecule has 2 fully saturated rings. The minimum Gasteiger partial charge on any atom is -0.147 e. The summed E-state index contributed by atoms with van der Waals surface area (Å²) >= 11 is 1.30. The van der Waals surface area contributed by atoms with Gasteiger partial charge in [0.25, 0.3) is 0 Å². The van der Waals surface area contributed by atoms with Crippen LogP contribution in [0, 0.1) is 37.8 Å². The summed E-state index contributed by atoms with van der Waals surface area (Å²) in [6, 6.07) is 27.3. The summed E-state index contributed by atoms with van der Waals surface area (Å²) < 4.78 is 3.34. The van der Waals surface area contributed by atoms with E-state index in [2.05, 4.69) is 96.9 Å². The Morgan fingerprint density at radius 2 is 1.29 bits per heavy atom. The van der Waals surface area contributed by atoms with Gasteiger partial charge in [-0.25, -0.2) is 12.2 Å². The molecule has 0 bridgehead atoms. The van der Waals surface area contributed by atoms with E-state index in [1.807, 2.05) is 18.2 Å². The van der Waals surface area contributed by atoms with Crippen LogP contribution in [0.15, 0.2) is 85.0 Å². The fourth-order valence-electron chi connectivity index (χ4n) is 6.09. The zero-order chi connectivity index (χ0) is 28.2. The molecule has 4 aromatic carbocycles. The van der Waals surface area contributed by atoms with Crippen LogP contribution in [0.3, 0.4) is 0 Å². The van der Waals surface area contributed by atoms with E-state index in [9.17, 15) is 0 Å². The molecule has 0 N–H and O–H groups in total. The maximum atomic E-state index is 3.94. The number of hydrogen-bond donors (Lipinski definition) is 0. The third-order valence-corrected chi connectivity index (χ3v) is 8.14. The van der Waals surface area contributed by atoms with Crippen LogP contribution in [-0.2, 0) is 30.7 Å². The molecule has 222 valence electrons. The molecule has 4 aromatic rings. The topological polar surface area (TPSA) is 0 Å². The monoisotopic (exact) mass is 672 g/mol. The van der Waals surface area contributed by atoms with Crippen LogP contribution in [0.4, 0.5) is 0 Å². The number of benzene rings is 4. The largest absolute Gasteiger partial charge is 0.147 e. The molecular weight excluding hydrogens is 631 g/mol. The molecule has 0 aliphatic heterocycles. The van der Waals surface area contributed by atoms with Crippen molar-refractivity contribution in [1.29, 1.82) is 0 Å². The first-order valence-electron chi connectivity index (χ1n) is 14.9. The Bertz CT molecular complexity index is 1400. The molecule has 0 heterocycles. The first-order valence-corrected chi connectivity index (χ1v) is 16.6. The zero-order valence-electron chi connectivity index (χ0n) is 24.7. The van der Waals surface area contributed by atoms with Gasteiger partial charge in [-0.15, -0.1) is 71.8 Å². The van der Waals surface area contributed by atoms with Crippen molar-refractivity contribution in [3.8, 4) is 11.1 Å². The number of halogens is 2. The molecule has 2 saturated carbocycles. The molecule has 0 spiro atoms. The second kappa shape index (κ2) is 19.5. The smallest absolute Gasteiger partial charge is 0.0240 e. The van der Waals surface area contributed by atoms with Gasteiger partial charge in [0, 0.05) is 0 Å². The van der Waals surface area contributed by atoms with Crippen LogP contribution in [-0.4, -0.2) is 4.21 Å². The van der Waals surface area contributed by atoms with Gasteiger partial charge < -0.3 is 13.8 Å². The Hall–Kier alpha value is -1.79. The Balaban J connectivity index is 0.000000241. The molecule has 42 heavy (non-hydrogen) atoms. The van der Waals surface area contributed by atoms with Crippen molar-refractivity contribution in [1.82, 2.24) is 0 Å². The predicted molar refractivity (Wildman–Crippen MR) is 186 cm³/mol. The van der Waals surface area contributed by atoms with Gasteiger partial charge in [0.15, 0.2) is 0 Å². The van der Waals surface area contributed by atoms with E-state index in [-0.39, 0.29) is 24.8 Å². The minimum absolute atomic E-state index is 0. The van der Waals surface area contributed by atoms with Gasteiger partial charge in [-0.2, -0.15) is 17.9 Å². The minimum atomic E-state index is 0. The van der Waals surface area contributed by atoms with E-state index in [4.69, 9.17) is 0 Å². The van der Waals surface area contributed by atoms with Crippen LogP contribution >= 0.6 is 24.8 Å². The number of fused-ring (bicyclic) bond motifs is 8. The van der Waals surface area contributed by atoms with Gasteiger partial charge in [-0.05, 0) is 28.5 Å². The fraction of sp³-hybridized carbons (Fsp3) is 0.308. The number of rotatable bonds is 0. The maximum Gasteiger partial charge on any atom is -0.0240 e. The Labute approximate surface area is 282 Å². The number of allylic oxidation sites excluding steroid dienone is 4. The normalized spacial score (nSPS) is 15.7. The van der Waals surface area contributed by atoms with Gasteiger partial charge in [-0.1, -0.05) is 105 Å². The summed E-state index contributed by atoms with van der Waals surface area (Å²) in [4.78, 5) is 0. The summed E-state index contributed by atoms with van der Waals surface area (Å²) in [6.45, 7) is 7.88. The average molecular weight is 675 g/mol. The van der Waals surface area contributed by atoms with Crippen LogP contribution in [0.1, 0.15) is 68.9 Å². The molecule has 8 rings (SSSR count). The molecule has 4 aliphatic rings. The second-order valence-electron chi connectivity index (χ2n) is 11.0. The summed E-state index contributed by atoms with van der Waals surface area (Å²) in [6.07, 6.45) is 22.2. The zero-order valence-corrected chi connectivity index (χ0v) is 28.8. The molecule has 3 heteroatoms. The SMILES string of the molecule is Cl.Cl.[C-]1=CC=CC1.[CH2-]C1CCCC1.[CH2-]C1CCCC1.[CH2]=[Zr].[c-]1cccc2c1c1c(c3ccccc32)-c2ccccc2C1. The Morgan fingerprint density at radius 3 is 1.81 bits per heavy atom. The van der Waals surface area contributed by atoms with E-state index < -0.39 is 0 Å². The van der Waals surface area contributed by atoms with Crippen molar-refractivity contribution in [2.24, 2.45) is 11.8 Å². The van der Waals surface area contributed by atoms with Crippen LogP contribution < -0.4 is 0 Å². The van der Waals surface area contributed by atoms with Gasteiger partial charge in [0.05, 0.1) is 0 Å². The quantitative estimate of drug-likeness (QED) is 0.113. The van der Waals surface area contributed by atoms with Crippen molar-refractivity contribution in [3.63, 3.8) is 0 Å². The van der Waals surface area contributed by atoms with Crippen molar-refractivity contribution in [2.75, 3.05) is 0 Å². The van der Waals surface area contributed by atoms with Crippen LogP contribution in [0.25, 0.3) is 32.7 Å². The van der Waals surface area contributed by atoms with Crippen molar-refractivity contribution < 1.29 is 24.2 Å². The predicted octanol–water partition coefficient (Wildman–Crippen LogP) is 11.5. The molecule has 0 unspecified atom stereocenters. The Morgan fingerprint density at radius 1 is 0.714 bits per heavy atom. The summed E-state index contributed by atoms with van der Waals surface area (Å²) in [5, 5.41) is 5.30. The molecule has 0 atom stereocenters. The van der Waals surface area contributed by atoms with Crippen molar-refractivity contribution in [2.45, 2.75) is 64.2 Å². The average Bonchev–Trinajstić information content (AvgIpc) is 3.84. The van der Waals surface area contributed by atoms with E-state index in [1.165, 1.54) is 119 Å². The van der Waals surface area contributed by atoms with E-state index in [0.29, 0.717) is 0 Å². The number of hydrogen-bond acceptors (Lipinski definition) is 0. The standard InChI is InChI=1S/C21H13.2C6H11.C5H5.CH2.2ClH.Zr/c1-2-8-15-14(7-1)13-20-18-11-4-3-9-16(18)17-10-5-6-12-19(17)21(15)20;2*1-6-4-2-3-5-6;1-2-4-5-3-1;;;;/h1-10,12H,13H2;2*6H,1-5H2;1-3H,4H2;1H2;2*1H;/q4*-1;;;;. The fourth-order valence-corrected chi connectivity index (χ4v) is 6.09. The molecule has 0 nitrogen and oxygen atoms in total. The molecular formula is C39H44Cl2Zr-4. The molecule has 0 saturated heterocycles. The first kappa shape index (κ1) is 36.4. The van der Waals surface area contributed by atoms with E-state index >= 15 is 0 Å². The molecule has 0 amide bonds. The first-order chi connectivity index (χ1) is 19.7. The summed E-state index contributed by atoms with van der Waals surface area (Å²) in [5.41, 5.74) is 5.67. The van der Waals surface area contributed by atoms with Gasteiger partial charge >= 0.3 is 28.4 Å². The molecule has 0 aromatic heterocycles. The maximum absolute atomic E-state index is 3.94. The third kappa shape index (κ3) is 9.61. The van der Waals surface area contributed by atoms with E-state index in [0.717, 1.165) is 24.7 Å². The Kier molecular flexibility index (Phi) is 16.9. The van der Waals surface area contributed by atoms with Crippen LogP contribution in [0.2, 0.25) is 0 Å². The van der Waals surface area contributed by atoms with E-state index in [1.54, 1.807) is 0 Å². The molecule has 4 aliphatic carbocycles. The van der Waals surface area contributed by atoms with Gasteiger partial charge in [0.2, 0.25) is 0 Å². The molecule has 0 radical (unpaired) electrons. The summed E-state index contributed by atoms with van der Waals surface area (Å²) in [7, 11) is 0. The second-order valence-corrected chi connectivity index (χ2v) is 11.0. The van der Waals surface area contributed by atoms with Crippen molar-refractivity contribution >= 4 is 50.6 Å². The summed E-state index contributed by atoms with van der Waals surface area (Å²) in [5.74, 6) is 1.59.